The maximum Gasteiger partial charge on any atom is 0.357 e. The molecule has 0 aliphatic heterocycles. The molecule has 7 heteroatoms. The lowest BCUT2D eigenvalue weighted by atomic mass is 10.4. The van der Waals surface area contributed by atoms with Crippen LogP contribution in [-0.2, 0) is 16.5 Å². The van der Waals surface area contributed by atoms with Crippen molar-refractivity contribution in [3.05, 3.63) is 23.5 Å². The number of aryl methyl sites for hydroxylation is 1. The molecule has 0 saturated carbocycles. The van der Waals surface area contributed by atoms with E-state index in [0.717, 1.165) is 10.6 Å². The molecular weight excluding hydrogens is 266 g/mol. The van der Waals surface area contributed by atoms with Gasteiger partial charge in [-0.15, -0.1) is 11.3 Å². The minimum Gasteiger partial charge on any atom is -0.458 e. The van der Waals surface area contributed by atoms with E-state index in [9.17, 15) is 4.79 Å². The number of carbonyl (C=O) groups excluding carboxylic acids is 1. The van der Waals surface area contributed by atoms with E-state index in [0.29, 0.717) is 18.9 Å². The highest BCUT2D eigenvalue weighted by Crippen LogP contribution is 2.23. The highest BCUT2D eigenvalue weighted by Gasteiger charge is 2.13. The molecule has 0 spiro atoms. The van der Waals surface area contributed by atoms with Crippen LogP contribution in [-0.4, -0.2) is 40.6 Å². The van der Waals surface area contributed by atoms with E-state index in [2.05, 4.69) is 10.1 Å². The Hall–Kier alpha value is -1.73. The fraction of sp³-hybridized carbons (Fsp3) is 0.417. The van der Waals surface area contributed by atoms with Crippen molar-refractivity contribution in [2.75, 3.05) is 19.8 Å². The predicted molar refractivity (Wildman–Crippen MR) is 71.1 cm³/mol. The minimum atomic E-state index is -0.425. The van der Waals surface area contributed by atoms with Crippen LogP contribution in [0.3, 0.4) is 0 Å². The zero-order valence-electron chi connectivity index (χ0n) is 10.8. The fourth-order valence-corrected chi connectivity index (χ4v) is 2.21. The van der Waals surface area contributed by atoms with Crippen LogP contribution < -0.4 is 0 Å². The van der Waals surface area contributed by atoms with Crippen molar-refractivity contribution in [3.63, 3.8) is 0 Å². The number of nitrogens with zero attached hydrogens (tertiary/aromatic N) is 3. The number of rotatable bonds is 6. The number of carbonyl (C=O) groups is 1. The van der Waals surface area contributed by atoms with Gasteiger partial charge in [0, 0.05) is 30.8 Å². The zero-order valence-corrected chi connectivity index (χ0v) is 11.6. The topological polar surface area (TPSA) is 66.2 Å². The molecule has 0 saturated heterocycles. The number of hydrogen-bond acceptors (Lipinski definition) is 6. The molecule has 0 unspecified atom stereocenters. The van der Waals surface area contributed by atoms with Gasteiger partial charge in [-0.1, -0.05) is 0 Å². The van der Waals surface area contributed by atoms with Gasteiger partial charge in [-0.2, -0.15) is 5.10 Å². The average Bonchev–Trinajstić information content (AvgIpc) is 3.02. The van der Waals surface area contributed by atoms with Gasteiger partial charge in [0.05, 0.1) is 12.8 Å². The molecule has 102 valence electrons. The Bertz CT molecular complexity index is 550. The maximum absolute atomic E-state index is 11.7. The molecule has 0 atom stereocenters. The van der Waals surface area contributed by atoms with Crippen LogP contribution in [0, 0.1) is 0 Å². The summed E-state index contributed by atoms with van der Waals surface area (Å²) < 4.78 is 11.8. The highest BCUT2D eigenvalue weighted by atomic mass is 32.1. The second-order valence-corrected chi connectivity index (χ2v) is 4.63. The van der Waals surface area contributed by atoms with Crippen molar-refractivity contribution in [1.82, 2.24) is 14.8 Å². The summed E-state index contributed by atoms with van der Waals surface area (Å²) in [4.78, 5) is 15.9. The first-order valence-corrected chi connectivity index (χ1v) is 6.78. The number of esters is 1. The van der Waals surface area contributed by atoms with Crippen molar-refractivity contribution in [2.45, 2.75) is 6.92 Å². The summed E-state index contributed by atoms with van der Waals surface area (Å²) in [5, 5.41) is 6.51. The molecule has 0 aliphatic rings. The molecule has 19 heavy (non-hydrogen) atoms. The molecule has 0 bridgehead atoms. The van der Waals surface area contributed by atoms with Crippen molar-refractivity contribution >= 4 is 17.3 Å². The third-order valence-corrected chi connectivity index (χ3v) is 3.22. The second-order valence-electron chi connectivity index (χ2n) is 3.77. The Kier molecular flexibility index (Phi) is 4.64. The zero-order chi connectivity index (χ0) is 13.7. The Labute approximate surface area is 115 Å². The fourth-order valence-electron chi connectivity index (χ4n) is 1.44. The molecule has 0 N–H and O–H groups in total. The van der Waals surface area contributed by atoms with E-state index in [1.165, 1.54) is 11.3 Å². The Morgan fingerprint density at radius 1 is 1.47 bits per heavy atom. The summed E-state index contributed by atoms with van der Waals surface area (Å²) in [6, 6.07) is 0. The summed E-state index contributed by atoms with van der Waals surface area (Å²) in [5.74, 6) is -0.425. The van der Waals surface area contributed by atoms with Gasteiger partial charge in [0.15, 0.2) is 5.69 Å². The van der Waals surface area contributed by atoms with E-state index in [-0.39, 0.29) is 6.61 Å². The van der Waals surface area contributed by atoms with Gasteiger partial charge in [-0.05, 0) is 6.92 Å². The molecule has 2 aromatic rings. The number of hydrogen-bond donors (Lipinski definition) is 0. The van der Waals surface area contributed by atoms with Gasteiger partial charge in [0.25, 0.3) is 0 Å². The highest BCUT2D eigenvalue weighted by molar-refractivity contribution is 7.13. The molecular formula is C12H15N3O3S. The first-order chi connectivity index (χ1) is 9.20. The number of thiazole rings is 1. The van der Waals surface area contributed by atoms with Gasteiger partial charge >= 0.3 is 5.97 Å². The van der Waals surface area contributed by atoms with Gasteiger partial charge in [-0.25, -0.2) is 9.78 Å². The van der Waals surface area contributed by atoms with E-state index >= 15 is 0 Å². The Morgan fingerprint density at radius 2 is 2.32 bits per heavy atom. The molecule has 2 heterocycles. The van der Waals surface area contributed by atoms with Crippen molar-refractivity contribution in [2.24, 2.45) is 7.05 Å². The first-order valence-electron chi connectivity index (χ1n) is 5.90. The minimum absolute atomic E-state index is 0.242. The molecule has 6 nitrogen and oxygen atoms in total. The smallest absolute Gasteiger partial charge is 0.357 e. The van der Waals surface area contributed by atoms with Crippen LogP contribution in [0.4, 0.5) is 0 Å². The maximum atomic E-state index is 11.7. The summed E-state index contributed by atoms with van der Waals surface area (Å²) in [6.07, 6.45) is 3.56. The van der Waals surface area contributed by atoms with Crippen LogP contribution >= 0.6 is 11.3 Å². The first kappa shape index (κ1) is 13.7. The van der Waals surface area contributed by atoms with E-state index < -0.39 is 5.97 Å². The molecule has 2 rings (SSSR count). The Morgan fingerprint density at radius 3 is 3.00 bits per heavy atom. The number of ether oxygens (including phenoxy) is 2. The van der Waals surface area contributed by atoms with Crippen LogP contribution in [0.5, 0.6) is 0 Å². The molecule has 0 amide bonds. The van der Waals surface area contributed by atoms with Crippen LogP contribution in [0.15, 0.2) is 17.8 Å². The summed E-state index contributed by atoms with van der Waals surface area (Å²) in [7, 11) is 1.83. The molecule has 0 radical (unpaired) electrons. The van der Waals surface area contributed by atoms with E-state index in [4.69, 9.17) is 9.47 Å². The molecule has 0 aliphatic carbocycles. The molecule has 2 aromatic heterocycles. The van der Waals surface area contributed by atoms with Gasteiger partial charge in [-0.3, -0.25) is 4.68 Å². The lowest BCUT2D eigenvalue weighted by molar-refractivity contribution is 0.0330. The lowest BCUT2D eigenvalue weighted by Crippen LogP contribution is -2.11. The second kappa shape index (κ2) is 6.44. The molecule has 0 aromatic carbocycles. The third kappa shape index (κ3) is 3.62. The summed E-state index contributed by atoms with van der Waals surface area (Å²) >= 11 is 1.39. The quantitative estimate of drug-likeness (QED) is 0.596. The summed E-state index contributed by atoms with van der Waals surface area (Å²) in [6.45, 7) is 3.15. The Balaban J connectivity index is 1.95. The van der Waals surface area contributed by atoms with Crippen molar-refractivity contribution in [1.29, 1.82) is 0 Å². The largest absolute Gasteiger partial charge is 0.458 e. The van der Waals surface area contributed by atoms with Crippen LogP contribution in [0.2, 0.25) is 0 Å². The van der Waals surface area contributed by atoms with Gasteiger partial charge in [0.1, 0.15) is 11.6 Å². The normalized spacial score (nSPS) is 10.6. The van der Waals surface area contributed by atoms with Gasteiger partial charge in [0.2, 0.25) is 0 Å². The monoisotopic (exact) mass is 281 g/mol. The standard InChI is InChI=1S/C12H15N3O3S/c1-3-17-4-5-18-12(16)10-8-19-11(14-10)9-6-13-15(2)7-9/h6-8H,3-5H2,1-2H3. The SMILES string of the molecule is CCOCCOC(=O)c1csc(-c2cnn(C)c2)n1. The van der Waals surface area contributed by atoms with Crippen molar-refractivity contribution < 1.29 is 14.3 Å². The lowest BCUT2D eigenvalue weighted by Gasteiger charge is -2.02. The van der Waals surface area contributed by atoms with Crippen LogP contribution in [0.1, 0.15) is 17.4 Å². The number of aromatic nitrogens is 3. The molecule has 0 fully saturated rings. The van der Waals surface area contributed by atoms with E-state index in [1.54, 1.807) is 16.3 Å². The summed E-state index contributed by atoms with van der Waals surface area (Å²) in [5.41, 5.74) is 1.21. The predicted octanol–water partition coefficient (Wildman–Crippen LogP) is 1.74. The van der Waals surface area contributed by atoms with Crippen molar-refractivity contribution in [3.8, 4) is 10.6 Å². The third-order valence-electron chi connectivity index (χ3n) is 2.33. The van der Waals surface area contributed by atoms with E-state index in [1.807, 2.05) is 20.2 Å². The van der Waals surface area contributed by atoms with Crippen LogP contribution in [0.25, 0.3) is 10.6 Å². The van der Waals surface area contributed by atoms with Gasteiger partial charge < -0.3 is 9.47 Å². The average molecular weight is 281 g/mol.